The third-order valence-electron chi connectivity index (χ3n) is 4.53. The van der Waals surface area contributed by atoms with E-state index in [0.717, 1.165) is 29.3 Å². The lowest BCUT2D eigenvalue weighted by atomic mass is 9.94. The first-order valence-corrected chi connectivity index (χ1v) is 9.68. The van der Waals surface area contributed by atoms with E-state index < -0.39 is 17.0 Å². The molecule has 1 aliphatic carbocycles. The van der Waals surface area contributed by atoms with Crippen LogP contribution in [-0.4, -0.2) is 36.7 Å². The van der Waals surface area contributed by atoms with Crippen LogP contribution >= 0.6 is 11.8 Å². The molecule has 0 aliphatic heterocycles. The third kappa shape index (κ3) is 3.38. The Balaban J connectivity index is 1.52. The summed E-state index contributed by atoms with van der Waals surface area (Å²) in [5.41, 5.74) is 0.418. The maximum Gasteiger partial charge on any atom is 0.277 e. The molecular weight excluding hydrogens is 384 g/mol. The number of nitrogens with zero attached hydrogens (tertiary/aromatic N) is 3. The summed E-state index contributed by atoms with van der Waals surface area (Å²) in [6.07, 6.45) is 2.75. The van der Waals surface area contributed by atoms with E-state index in [9.17, 15) is 19.5 Å². The largest absolute Gasteiger partial charge is 0.507 e. The van der Waals surface area contributed by atoms with Crippen LogP contribution in [0.1, 0.15) is 28.8 Å². The van der Waals surface area contributed by atoms with Gasteiger partial charge >= 0.3 is 0 Å². The zero-order valence-electron chi connectivity index (χ0n) is 14.7. The van der Waals surface area contributed by atoms with Gasteiger partial charge in [0.2, 0.25) is 0 Å². The minimum absolute atomic E-state index is 0.00281. The Morgan fingerprint density at radius 3 is 2.71 bits per heavy atom. The van der Waals surface area contributed by atoms with E-state index in [1.165, 1.54) is 6.07 Å². The summed E-state index contributed by atoms with van der Waals surface area (Å²) >= 11 is 0.943. The molecule has 0 radical (unpaired) electrons. The standard InChI is InChI=1S/C18H16N4O5S/c23-13-8-4-3-7-12(13)16-19-20-18(27-16)28-9-14(24)22-17(26)11-6-2-1-5-10(11)15(25)21-22/h3-4,7-8,23H,1-2,5-6,9H2,(H,21,25). The van der Waals surface area contributed by atoms with Crippen molar-refractivity contribution in [2.75, 3.05) is 5.75 Å². The normalized spacial score (nSPS) is 13.3. The number of aromatic nitrogens is 4. The molecule has 28 heavy (non-hydrogen) atoms. The quantitative estimate of drug-likeness (QED) is 0.632. The van der Waals surface area contributed by atoms with Gasteiger partial charge in [-0.05, 0) is 37.8 Å². The van der Waals surface area contributed by atoms with E-state index in [4.69, 9.17) is 4.42 Å². The Kier molecular flexibility index (Phi) is 4.86. The van der Waals surface area contributed by atoms with Crippen molar-refractivity contribution in [3.05, 3.63) is 56.1 Å². The van der Waals surface area contributed by atoms with Crippen LogP contribution in [0.25, 0.3) is 11.5 Å². The van der Waals surface area contributed by atoms with Crippen LogP contribution in [0, 0.1) is 0 Å². The number of H-pyrrole nitrogens is 1. The number of fused-ring (bicyclic) bond motifs is 1. The van der Waals surface area contributed by atoms with E-state index in [0.29, 0.717) is 29.5 Å². The number of para-hydroxylation sites is 1. The molecule has 0 fully saturated rings. The van der Waals surface area contributed by atoms with Gasteiger partial charge in [-0.2, -0.15) is 4.68 Å². The molecule has 9 nitrogen and oxygen atoms in total. The van der Waals surface area contributed by atoms with Crippen molar-refractivity contribution < 1.29 is 14.3 Å². The highest BCUT2D eigenvalue weighted by Crippen LogP contribution is 2.29. The van der Waals surface area contributed by atoms with Crippen molar-refractivity contribution in [3.8, 4) is 17.2 Å². The smallest absolute Gasteiger partial charge is 0.277 e. The predicted molar refractivity (Wildman–Crippen MR) is 101 cm³/mol. The molecule has 144 valence electrons. The molecule has 2 heterocycles. The second-order valence-electron chi connectivity index (χ2n) is 6.32. The number of phenols is 1. The summed E-state index contributed by atoms with van der Waals surface area (Å²) in [7, 11) is 0. The lowest BCUT2D eigenvalue weighted by Gasteiger charge is -2.15. The molecule has 1 aliphatic rings. The van der Waals surface area contributed by atoms with Gasteiger partial charge in [-0.1, -0.05) is 23.9 Å². The Morgan fingerprint density at radius 1 is 1.18 bits per heavy atom. The molecule has 0 bridgehead atoms. The monoisotopic (exact) mass is 400 g/mol. The van der Waals surface area contributed by atoms with Gasteiger partial charge in [-0.3, -0.25) is 19.5 Å². The molecule has 0 unspecified atom stereocenters. The average Bonchev–Trinajstić information content (AvgIpc) is 3.18. The van der Waals surface area contributed by atoms with Crippen LogP contribution in [0.2, 0.25) is 0 Å². The van der Waals surface area contributed by atoms with Crippen molar-refractivity contribution in [1.29, 1.82) is 0 Å². The highest BCUT2D eigenvalue weighted by molar-refractivity contribution is 7.99. The highest BCUT2D eigenvalue weighted by Gasteiger charge is 2.21. The zero-order valence-corrected chi connectivity index (χ0v) is 15.5. The van der Waals surface area contributed by atoms with Crippen LogP contribution in [0.5, 0.6) is 5.75 Å². The van der Waals surface area contributed by atoms with Gasteiger partial charge in [0.05, 0.1) is 11.3 Å². The van der Waals surface area contributed by atoms with E-state index >= 15 is 0 Å². The number of rotatable bonds is 4. The average molecular weight is 400 g/mol. The van der Waals surface area contributed by atoms with Crippen LogP contribution in [0.3, 0.4) is 0 Å². The summed E-state index contributed by atoms with van der Waals surface area (Å²) in [5.74, 6) is -0.635. The van der Waals surface area contributed by atoms with E-state index in [-0.39, 0.29) is 22.6 Å². The molecule has 2 aromatic heterocycles. The number of aromatic hydroxyl groups is 1. The molecule has 3 aromatic rings. The lowest BCUT2D eigenvalue weighted by molar-refractivity contribution is 0.0918. The summed E-state index contributed by atoms with van der Waals surface area (Å²) in [6, 6.07) is 6.50. The van der Waals surface area contributed by atoms with Crippen molar-refractivity contribution >= 4 is 17.7 Å². The molecule has 0 spiro atoms. The number of aromatic amines is 1. The van der Waals surface area contributed by atoms with Gasteiger partial charge in [0.15, 0.2) is 0 Å². The third-order valence-corrected chi connectivity index (χ3v) is 5.33. The van der Waals surface area contributed by atoms with Gasteiger partial charge in [0, 0.05) is 11.1 Å². The van der Waals surface area contributed by atoms with Crippen LogP contribution in [-0.2, 0) is 12.8 Å². The Labute approximate surface area is 162 Å². The number of carbonyl (C=O) groups excluding carboxylic acids is 1. The molecule has 0 saturated carbocycles. The Bertz CT molecular complexity index is 1160. The molecule has 4 rings (SSSR count). The molecular formula is C18H16N4O5S. The second-order valence-corrected chi connectivity index (χ2v) is 7.24. The molecule has 10 heteroatoms. The van der Waals surface area contributed by atoms with E-state index in [1.807, 2.05) is 0 Å². The second kappa shape index (κ2) is 7.47. The molecule has 0 atom stereocenters. The van der Waals surface area contributed by atoms with E-state index in [2.05, 4.69) is 15.3 Å². The molecule has 0 saturated heterocycles. The SMILES string of the molecule is O=C(CSc1nnc(-c2ccccc2O)o1)n1[nH]c(=O)c2c(c1=O)CCCC2. The molecule has 2 N–H and O–H groups in total. The van der Waals surface area contributed by atoms with Gasteiger partial charge in [0.25, 0.3) is 28.1 Å². The first-order valence-electron chi connectivity index (χ1n) is 8.69. The topological polar surface area (TPSA) is 131 Å². The first kappa shape index (κ1) is 18.2. The lowest BCUT2D eigenvalue weighted by Crippen LogP contribution is -2.40. The van der Waals surface area contributed by atoms with Crippen molar-refractivity contribution in [3.63, 3.8) is 0 Å². The zero-order chi connectivity index (χ0) is 19.7. The summed E-state index contributed by atoms with van der Waals surface area (Å²) in [6.45, 7) is 0. The number of carbonyl (C=O) groups is 1. The molecule has 0 amide bonds. The number of hydrogen-bond donors (Lipinski definition) is 2. The van der Waals surface area contributed by atoms with Crippen molar-refractivity contribution in [2.45, 2.75) is 30.9 Å². The van der Waals surface area contributed by atoms with E-state index in [1.54, 1.807) is 18.2 Å². The Morgan fingerprint density at radius 2 is 1.93 bits per heavy atom. The van der Waals surface area contributed by atoms with Gasteiger partial charge in [-0.25, -0.2) is 0 Å². The summed E-state index contributed by atoms with van der Waals surface area (Å²) < 4.78 is 6.21. The maximum absolute atomic E-state index is 12.5. The fraction of sp³-hybridized carbons (Fsp3) is 0.278. The number of hydrogen-bond acceptors (Lipinski definition) is 8. The minimum atomic E-state index is -0.581. The number of benzene rings is 1. The maximum atomic E-state index is 12.5. The van der Waals surface area contributed by atoms with Crippen molar-refractivity contribution in [2.24, 2.45) is 0 Å². The number of nitrogens with one attached hydrogen (secondary N) is 1. The highest BCUT2D eigenvalue weighted by atomic mass is 32.2. The van der Waals surface area contributed by atoms with Crippen LogP contribution in [0.15, 0.2) is 43.5 Å². The summed E-state index contributed by atoms with van der Waals surface area (Å²) in [4.78, 5) is 37.1. The summed E-state index contributed by atoms with van der Waals surface area (Å²) in [5, 5.41) is 20.0. The van der Waals surface area contributed by atoms with Gasteiger partial charge < -0.3 is 9.52 Å². The minimum Gasteiger partial charge on any atom is -0.507 e. The fourth-order valence-corrected chi connectivity index (χ4v) is 3.75. The van der Waals surface area contributed by atoms with Crippen LogP contribution < -0.4 is 11.1 Å². The fourth-order valence-electron chi connectivity index (χ4n) is 3.14. The van der Waals surface area contributed by atoms with Crippen molar-refractivity contribution in [1.82, 2.24) is 20.0 Å². The van der Waals surface area contributed by atoms with Crippen LogP contribution in [0.4, 0.5) is 0 Å². The number of phenolic OH excluding ortho intramolecular Hbond substituents is 1. The predicted octanol–water partition coefficient (Wildman–Crippen LogP) is 1.60. The van der Waals surface area contributed by atoms with Gasteiger partial charge in [0.1, 0.15) is 5.75 Å². The van der Waals surface area contributed by atoms with Gasteiger partial charge in [-0.15, -0.1) is 10.2 Å². The molecule has 1 aromatic carbocycles. The Hall–Kier alpha value is -3.14. The number of thioether (sulfide) groups is 1. The first-order chi connectivity index (χ1) is 13.5.